The molecule has 0 amide bonds. The average molecular weight is 563 g/mol. The van der Waals surface area contributed by atoms with Crippen molar-refractivity contribution in [2.45, 2.75) is 81.1 Å². The van der Waals surface area contributed by atoms with Crippen LogP contribution in [-0.4, -0.2) is 53.1 Å². The number of Topliss-reactive ketones (excluding diaryl/α,β-unsaturated/α-hetero) is 1. The monoisotopic (exact) mass is 562 g/mol. The molecule has 0 aromatic carbocycles. The molecule has 224 valence electrons. The molecule has 41 heavy (non-hydrogen) atoms. The van der Waals surface area contributed by atoms with E-state index >= 15 is 0 Å². The number of hydrogen-bond acceptors (Lipinski definition) is 6. The van der Waals surface area contributed by atoms with E-state index in [9.17, 15) is 4.79 Å². The fourth-order valence-electron chi connectivity index (χ4n) is 4.41. The lowest BCUT2D eigenvalue weighted by atomic mass is 10.0. The Labute approximate surface area is 247 Å². The number of morpholine rings is 1. The third-order valence-corrected chi connectivity index (χ3v) is 6.13. The molecule has 2 aromatic rings. The van der Waals surface area contributed by atoms with Gasteiger partial charge in [-0.2, -0.15) is 5.10 Å². The van der Waals surface area contributed by atoms with Gasteiger partial charge in [-0.1, -0.05) is 71.4 Å². The van der Waals surface area contributed by atoms with Crippen molar-refractivity contribution >= 4 is 29.4 Å². The Balaban J connectivity index is 0.00000110. The maximum Gasteiger partial charge on any atom is 0.159 e. The zero-order chi connectivity index (χ0) is 30.8. The van der Waals surface area contributed by atoms with Crippen LogP contribution in [0.2, 0.25) is 0 Å². The minimum Gasteiger partial charge on any atom is -0.378 e. The molecule has 0 atom stereocenters. The van der Waals surface area contributed by atoms with E-state index in [1.165, 1.54) is 6.92 Å². The van der Waals surface area contributed by atoms with Crippen LogP contribution in [0.4, 0.5) is 5.69 Å². The largest absolute Gasteiger partial charge is 0.378 e. The highest BCUT2D eigenvalue weighted by molar-refractivity contribution is 6.02. The van der Waals surface area contributed by atoms with Crippen LogP contribution in [-0.2, 0) is 20.7 Å². The number of aldehydes is 1. The number of nitrogens with zero attached hydrogens (tertiary/aromatic N) is 4. The van der Waals surface area contributed by atoms with Gasteiger partial charge in [0, 0.05) is 60.6 Å². The Morgan fingerprint density at radius 3 is 2.39 bits per heavy atom. The number of carbonyl (C=O) groups is 2. The normalized spacial score (nSPS) is 14.0. The Bertz CT molecular complexity index is 1210. The lowest BCUT2D eigenvalue weighted by molar-refractivity contribution is -0.115. The summed E-state index contributed by atoms with van der Waals surface area (Å²) in [5, 5.41) is 4.82. The summed E-state index contributed by atoms with van der Waals surface area (Å²) in [5.74, 6) is 0.983. The fraction of sp³-hybridized carbons (Fsp3) is 0.471. The highest BCUT2D eigenvalue weighted by Gasteiger charge is 2.26. The number of allylic oxidation sites excluding steroid dienone is 6. The third kappa shape index (κ3) is 10.4. The van der Waals surface area contributed by atoms with Crippen LogP contribution < -0.4 is 4.90 Å². The Hall–Kier alpha value is -3.58. The first-order chi connectivity index (χ1) is 19.9. The fourth-order valence-corrected chi connectivity index (χ4v) is 4.41. The van der Waals surface area contributed by atoms with E-state index in [-0.39, 0.29) is 5.78 Å². The molecular weight excluding hydrogens is 512 g/mol. The molecule has 7 nitrogen and oxygen atoms in total. The van der Waals surface area contributed by atoms with E-state index in [2.05, 4.69) is 24.5 Å². The van der Waals surface area contributed by atoms with Crippen molar-refractivity contribution in [2.75, 3.05) is 31.2 Å². The molecule has 1 aliphatic carbocycles. The van der Waals surface area contributed by atoms with Crippen LogP contribution in [0.15, 0.2) is 54.3 Å². The topological polar surface area (TPSA) is 77.3 Å². The van der Waals surface area contributed by atoms with Crippen molar-refractivity contribution in [3.63, 3.8) is 0 Å². The average Bonchev–Trinajstić information content (AvgIpc) is 3.66. The van der Waals surface area contributed by atoms with E-state index in [1.54, 1.807) is 0 Å². The van der Waals surface area contributed by atoms with Gasteiger partial charge < -0.3 is 14.4 Å². The van der Waals surface area contributed by atoms with Crippen molar-refractivity contribution in [2.24, 2.45) is 0 Å². The Kier molecular flexibility index (Phi) is 16.8. The van der Waals surface area contributed by atoms with Gasteiger partial charge in [-0.15, -0.1) is 0 Å². The molecule has 0 radical (unpaired) electrons. The second kappa shape index (κ2) is 19.5. The predicted molar refractivity (Wildman–Crippen MR) is 173 cm³/mol. The summed E-state index contributed by atoms with van der Waals surface area (Å²) in [4.78, 5) is 28.9. The molecule has 0 bridgehead atoms. The van der Waals surface area contributed by atoms with Crippen molar-refractivity contribution in [3.8, 4) is 5.82 Å². The number of carbonyl (C=O) groups excluding carboxylic acids is 2. The Morgan fingerprint density at radius 2 is 1.80 bits per heavy atom. The number of ketones is 1. The molecule has 0 N–H and O–H groups in total. The van der Waals surface area contributed by atoms with Crippen molar-refractivity contribution in [3.05, 3.63) is 71.2 Å². The maximum absolute atomic E-state index is 12.8. The van der Waals surface area contributed by atoms with Crippen molar-refractivity contribution in [1.29, 1.82) is 0 Å². The van der Waals surface area contributed by atoms with E-state index < -0.39 is 0 Å². The van der Waals surface area contributed by atoms with Crippen LogP contribution in [0.3, 0.4) is 0 Å². The summed E-state index contributed by atoms with van der Waals surface area (Å²) >= 11 is 0. The summed E-state index contributed by atoms with van der Waals surface area (Å²) in [5.41, 5.74) is 6.84. The molecule has 1 saturated heterocycles. The number of rotatable bonds is 9. The number of hydrogen-bond donors (Lipinski definition) is 0. The number of anilines is 1. The van der Waals surface area contributed by atoms with Crippen molar-refractivity contribution in [1.82, 2.24) is 14.8 Å². The molecular formula is C34H50N4O3. The lowest BCUT2D eigenvalue weighted by Gasteiger charge is -2.30. The highest BCUT2D eigenvalue weighted by Crippen LogP contribution is 2.35. The van der Waals surface area contributed by atoms with Crippen LogP contribution in [0.25, 0.3) is 17.5 Å². The zero-order valence-electron chi connectivity index (χ0n) is 26.5. The van der Waals surface area contributed by atoms with E-state index in [0.29, 0.717) is 26.1 Å². The molecule has 0 unspecified atom stereocenters. The van der Waals surface area contributed by atoms with E-state index in [0.717, 1.165) is 77.4 Å². The molecule has 2 aromatic heterocycles. The second-order valence-corrected chi connectivity index (χ2v) is 9.16. The third-order valence-electron chi connectivity index (χ3n) is 6.13. The minimum atomic E-state index is 0.233. The van der Waals surface area contributed by atoms with Crippen LogP contribution in [0.1, 0.15) is 91.6 Å². The Morgan fingerprint density at radius 1 is 1.15 bits per heavy atom. The summed E-state index contributed by atoms with van der Waals surface area (Å²) in [6.45, 7) is 22.6. The first kappa shape index (κ1) is 35.4. The lowest BCUT2D eigenvalue weighted by Crippen LogP contribution is -2.37. The molecule has 0 saturated carbocycles. The van der Waals surface area contributed by atoms with Gasteiger partial charge in [0.1, 0.15) is 6.29 Å². The number of unbranched alkanes of at least 4 members (excludes halogenated alkanes) is 1. The van der Waals surface area contributed by atoms with Gasteiger partial charge in [0.2, 0.25) is 0 Å². The van der Waals surface area contributed by atoms with Crippen molar-refractivity contribution < 1.29 is 14.3 Å². The number of fused-ring (bicyclic) bond motifs is 1. The van der Waals surface area contributed by atoms with Gasteiger partial charge in [-0.3, -0.25) is 4.79 Å². The molecule has 0 spiro atoms. The van der Waals surface area contributed by atoms with Crippen LogP contribution in [0.5, 0.6) is 0 Å². The number of pyridine rings is 1. The van der Waals surface area contributed by atoms with Gasteiger partial charge in [-0.05, 0) is 39.3 Å². The summed E-state index contributed by atoms with van der Waals surface area (Å²) in [6.07, 6.45) is 13.9. The number of ether oxygens (including phenoxy) is 1. The maximum atomic E-state index is 12.8. The quantitative estimate of drug-likeness (QED) is 0.231. The SMILES string of the molecule is C=C(C)/C=C(\C=C/C)c1ccn(-c2cc(N3CCOCC3)c3c(n2)C=C(C(=O)CCCC)C3)n1.CC.CC.CC=O. The first-order valence-electron chi connectivity index (χ1n) is 15.0. The summed E-state index contributed by atoms with van der Waals surface area (Å²) < 4.78 is 7.40. The summed E-state index contributed by atoms with van der Waals surface area (Å²) in [6, 6.07) is 4.10. The predicted octanol–water partition coefficient (Wildman–Crippen LogP) is 7.60. The first-order valence-corrected chi connectivity index (χ1v) is 15.0. The van der Waals surface area contributed by atoms with E-state index in [1.807, 2.05) is 82.8 Å². The van der Waals surface area contributed by atoms with Gasteiger partial charge in [0.15, 0.2) is 11.6 Å². The molecule has 2 aliphatic rings. The standard InChI is InChI=1S/C28H34N4O2.C2H4O.2C2H6/c1-5-7-9-27(33)22-17-23-25(18-22)29-28(19-26(23)31-12-14-34-15-13-31)32-11-10-24(30-32)21(8-6-2)16-20(3)4;1-2-3;2*1-2/h6,8,10-11,16,18-19H,3,5,7,9,12-15,17H2,1-2,4H3;2H,1H3;2*1-2H3/b8-6-,21-16+;;;. The molecule has 1 aliphatic heterocycles. The van der Waals surface area contributed by atoms with Gasteiger partial charge in [0.25, 0.3) is 0 Å². The summed E-state index contributed by atoms with van der Waals surface area (Å²) in [7, 11) is 0. The van der Waals surface area contributed by atoms with Gasteiger partial charge in [-0.25, -0.2) is 9.67 Å². The second-order valence-electron chi connectivity index (χ2n) is 9.16. The molecule has 4 rings (SSSR count). The van der Waals surface area contributed by atoms with Crippen LogP contribution in [0, 0.1) is 0 Å². The van der Waals surface area contributed by atoms with Gasteiger partial charge >= 0.3 is 0 Å². The number of aromatic nitrogens is 3. The van der Waals surface area contributed by atoms with Gasteiger partial charge in [0.05, 0.1) is 24.6 Å². The molecule has 7 heteroatoms. The highest BCUT2D eigenvalue weighted by atomic mass is 16.5. The minimum absolute atomic E-state index is 0.233. The molecule has 1 fully saturated rings. The molecule has 3 heterocycles. The van der Waals surface area contributed by atoms with Crippen LogP contribution >= 0.6 is 0 Å². The zero-order valence-corrected chi connectivity index (χ0v) is 26.5. The van der Waals surface area contributed by atoms with E-state index in [4.69, 9.17) is 19.6 Å². The smallest absolute Gasteiger partial charge is 0.159 e.